The number of carbonyl (C=O) groups is 3. The summed E-state index contributed by atoms with van der Waals surface area (Å²) in [4.78, 5) is 37.3. The number of hydrogen-bond donors (Lipinski definition) is 2. The van der Waals surface area contributed by atoms with Crippen LogP contribution in [0, 0.1) is 5.92 Å². The standard InChI is InChI=1S/C26H31N3O5/c1-5-18-23(24(31)25(27)32)22-19(29(18)14-17-10-7-6-8-11-17)12-9-13-20(22)34-15-21(30)28-26(33-4)16(2)3/h6-13,16,26H,5,14-15H2,1-4H3,(H2,27,32)(H,28,30)/t26-/m0/s1. The Kier molecular flexibility index (Phi) is 8.07. The average Bonchev–Trinajstić information content (AvgIpc) is 3.14. The summed E-state index contributed by atoms with van der Waals surface area (Å²) in [5.41, 5.74) is 8.06. The second-order valence-electron chi connectivity index (χ2n) is 8.35. The second kappa shape index (κ2) is 11.0. The Balaban J connectivity index is 2.05. The van der Waals surface area contributed by atoms with E-state index in [0.29, 0.717) is 29.8 Å². The van der Waals surface area contributed by atoms with Gasteiger partial charge in [-0.2, -0.15) is 0 Å². The van der Waals surface area contributed by atoms with Gasteiger partial charge in [-0.3, -0.25) is 14.4 Å². The zero-order valence-corrected chi connectivity index (χ0v) is 20.0. The molecular weight excluding hydrogens is 434 g/mol. The number of amides is 2. The van der Waals surface area contributed by atoms with E-state index in [1.807, 2.05) is 61.7 Å². The number of primary amides is 1. The normalized spacial score (nSPS) is 12.0. The first-order valence-corrected chi connectivity index (χ1v) is 11.3. The molecule has 1 heterocycles. The predicted molar refractivity (Wildman–Crippen MR) is 130 cm³/mol. The van der Waals surface area contributed by atoms with Crippen LogP contribution in [0.5, 0.6) is 5.75 Å². The molecule has 8 nitrogen and oxygen atoms in total. The van der Waals surface area contributed by atoms with Gasteiger partial charge in [-0.25, -0.2) is 0 Å². The Morgan fingerprint density at radius 2 is 1.76 bits per heavy atom. The summed E-state index contributed by atoms with van der Waals surface area (Å²) < 4.78 is 13.1. The second-order valence-corrected chi connectivity index (χ2v) is 8.35. The molecule has 0 saturated heterocycles. The molecule has 2 aromatic carbocycles. The molecule has 2 amide bonds. The number of benzene rings is 2. The predicted octanol–water partition coefficient (Wildman–Crippen LogP) is 3.04. The highest BCUT2D eigenvalue weighted by atomic mass is 16.5. The van der Waals surface area contributed by atoms with Crippen molar-refractivity contribution in [1.82, 2.24) is 9.88 Å². The molecular formula is C26H31N3O5. The van der Waals surface area contributed by atoms with Crippen LogP contribution in [0.2, 0.25) is 0 Å². The quantitative estimate of drug-likeness (QED) is 0.257. The largest absolute Gasteiger partial charge is 0.483 e. The average molecular weight is 466 g/mol. The number of hydrogen-bond acceptors (Lipinski definition) is 5. The molecule has 0 radical (unpaired) electrons. The number of fused-ring (bicyclic) bond motifs is 1. The molecule has 3 rings (SSSR count). The van der Waals surface area contributed by atoms with Gasteiger partial charge >= 0.3 is 0 Å². The van der Waals surface area contributed by atoms with Crippen molar-refractivity contribution in [3.8, 4) is 5.75 Å². The third-order valence-corrected chi connectivity index (χ3v) is 5.65. The van der Waals surface area contributed by atoms with Crippen LogP contribution in [-0.4, -0.2) is 42.1 Å². The maximum atomic E-state index is 12.9. The van der Waals surface area contributed by atoms with E-state index in [0.717, 1.165) is 11.1 Å². The fourth-order valence-corrected chi connectivity index (χ4v) is 4.06. The number of nitrogens with one attached hydrogen (secondary N) is 1. The first-order chi connectivity index (χ1) is 16.3. The minimum absolute atomic E-state index is 0.0799. The molecule has 180 valence electrons. The highest BCUT2D eigenvalue weighted by molar-refractivity contribution is 6.45. The topological polar surface area (TPSA) is 113 Å². The minimum Gasteiger partial charge on any atom is -0.483 e. The van der Waals surface area contributed by atoms with Gasteiger partial charge in [0.15, 0.2) is 6.61 Å². The van der Waals surface area contributed by atoms with Gasteiger partial charge in [-0.1, -0.05) is 57.2 Å². The highest BCUT2D eigenvalue weighted by Crippen LogP contribution is 2.35. The zero-order chi connectivity index (χ0) is 24.8. The molecule has 0 aliphatic heterocycles. The van der Waals surface area contributed by atoms with Crippen LogP contribution >= 0.6 is 0 Å². The molecule has 3 N–H and O–H groups in total. The Bertz CT molecular complexity index is 1180. The van der Waals surface area contributed by atoms with E-state index in [9.17, 15) is 14.4 Å². The lowest BCUT2D eigenvalue weighted by atomic mass is 10.0. The van der Waals surface area contributed by atoms with Crippen LogP contribution in [0.25, 0.3) is 10.9 Å². The first-order valence-electron chi connectivity index (χ1n) is 11.3. The van der Waals surface area contributed by atoms with Crippen molar-refractivity contribution in [2.45, 2.75) is 40.0 Å². The molecule has 0 bridgehead atoms. The Morgan fingerprint density at radius 3 is 2.35 bits per heavy atom. The van der Waals surface area contributed by atoms with E-state index in [4.69, 9.17) is 15.2 Å². The number of aromatic nitrogens is 1. The third-order valence-electron chi connectivity index (χ3n) is 5.65. The smallest absolute Gasteiger partial charge is 0.289 e. The molecule has 0 aliphatic carbocycles. The molecule has 0 fully saturated rings. The van der Waals surface area contributed by atoms with Crippen LogP contribution in [0.1, 0.15) is 42.4 Å². The summed E-state index contributed by atoms with van der Waals surface area (Å²) in [5.74, 6) is -1.78. The van der Waals surface area contributed by atoms with E-state index in [1.54, 1.807) is 12.1 Å². The van der Waals surface area contributed by atoms with Gasteiger partial charge < -0.3 is 25.1 Å². The molecule has 34 heavy (non-hydrogen) atoms. The maximum Gasteiger partial charge on any atom is 0.289 e. The number of rotatable bonds is 11. The van der Waals surface area contributed by atoms with Crippen molar-refractivity contribution in [2.24, 2.45) is 11.7 Å². The monoisotopic (exact) mass is 465 g/mol. The Labute approximate surface area is 199 Å². The summed E-state index contributed by atoms with van der Waals surface area (Å²) in [6.07, 6.45) is 0.0530. The summed E-state index contributed by atoms with van der Waals surface area (Å²) in [6, 6.07) is 15.1. The lowest BCUT2D eigenvalue weighted by molar-refractivity contribution is -0.128. The van der Waals surface area contributed by atoms with E-state index in [2.05, 4.69) is 5.32 Å². The molecule has 0 saturated carbocycles. The summed E-state index contributed by atoms with van der Waals surface area (Å²) in [5, 5.41) is 3.24. The maximum absolute atomic E-state index is 12.9. The van der Waals surface area contributed by atoms with E-state index < -0.39 is 17.9 Å². The molecule has 3 aromatic rings. The molecule has 0 unspecified atom stereocenters. The van der Waals surface area contributed by atoms with Crippen molar-refractivity contribution in [3.05, 3.63) is 65.4 Å². The summed E-state index contributed by atoms with van der Waals surface area (Å²) in [6.45, 7) is 6.00. The first kappa shape index (κ1) is 25.0. The van der Waals surface area contributed by atoms with Crippen LogP contribution in [0.3, 0.4) is 0 Å². The minimum atomic E-state index is -1.04. The van der Waals surface area contributed by atoms with Crippen LogP contribution in [-0.2, 0) is 27.3 Å². The highest BCUT2D eigenvalue weighted by Gasteiger charge is 2.27. The van der Waals surface area contributed by atoms with Crippen LogP contribution in [0.15, 0.2) is 48.5 Å². The van der Waals surface area contributed by atoms with Crippen LogP contribution in [0.4, 0.5) is 0 Å². The molecule has 0 aliphatic rings. The zero-order valence-electron chi connectivity index (χ0n) is 20.0. The number of carbonyl (C=O) groups excluding carboxylic acids is 3. The van der Waals surface area contributed by atoms with Gasteiger partial charge in [0.2, 0.25) is 0 Å². The van der Waals surface area contributed by atoms with Gasteiger partial charge in [-0.05, 0) is 30.0 Å². The molecule has 1 atom stereocenters. The Hall–Kier alpha value is -3.65. The van der Waals surface area contributed by atoms with E-state index >= 15 is 0 Å². The van der Waals surface area contributed by atoms with E-state index in [1.165, 1.54) is 7.11 Å². The fraction of sp³-hybridized carbons (Fsp3) is 0.346. The number of nitrogens with zero attached hydrogens (tertiary/aromatic N) is 1. The lowest BCUT2D eigenvalue weighted by Crippen LogP contribution is -2.42. The van der Waals surface area contributed by atoms with Crippen molar-refractivity contribution in [1.29, 1.82) is 0 Å². The van der Waals surface area contributed by atoms with Gasteiger partial charge in [-0.15, -0.1) is 0 Å². The summed E-state index contributed by atoms with van der Waals surface area (Å²) in [7, 11) is 1.52. The van der Waals surface area contributed by atoms with Crippen molar-refractivity contribution in [3.63, 3.8) is 0 Å². The lowest BCUT2D eigenvalue weighted by Gasteiger charge is -2.20. The number of nitrogens with two attached hydrogens (primary N) is 1. The Morgan fingerprint density at radius 1 is 1.06 bits per heavy atom. The summed E-state index contributed by atoms with van der Waals surface area (Å²) >= 11 is 0. The SMILES string of the molecule is CCc1c(C(=O)C(N)=O)c2c(OCC(=O)N[C@@H](OC)C(C)C)cccc2n1Cc1ccccc1. The van der Waals surface area contributed by atoms with Crippen LogP contribution < -0.4 is 15.8 Å². The van der Waals surface area contributed by atoms with E-state index in [-0.39, 0.29) is 24.0 Å². The van der Waals surface area contributed by atoms with Crippen molar-refractivity contribution < 1.29 is 23.9 Å². The molecule has 0 spiro atoms. The van der Waals surface area contributed by atoms with Gasteiger partial charge in [0.25, 0.3) is 17.6 Å². The number of ketones is 1. The van der Waals surface area contributed by atoms with Crippen molar-refractivity contribution in [2.75, 3.05) is 13.7 Å². The molecule has 1 aromatic heterocycles. The van der Waals surface area contributed by atoms with Crippen molar-refractivity contribution >= 4 is 28.5 Å². The fourth-order valence-electron chi connectivity index (χ4n) is 4.06. The number of ether oxygens (including phenoxy) is 2. The number of Topliss-reactive ketones (excluding diaryl/α,β-unsaturated/α-hetero) is 1. The van der Waals surface area contributed by atoms with Gasteiger partial charge in [0, 0.05) is 19.3 Å². The molecule has 8 heteroatoms. The third kappa shape index (κ3) is 5.28. The van der Waals surface area contributed by atoms with Gasteiger partial charge in [0.05, 0.1) is 16.5 Å². The number of methoxy groups -OCH3 is 1. The van der Waals surface area contributed by atoms with Gasteiger partial charge in [0.1, 0.15) is 12.0 Å².